The third-order valence-corrected chi connectivity index (χ3v) is 6.68. The number of Topliss-reactive ketones (excluding diaryl/α,β-unsaturated/α-hetero) is 1. The predicted octanol–water partition coefficient (Wildman–Crippen LogP) is 7.02. The van der Waals surface area contributed by atoms with E-state index in [0.717, 1.165) is 62.5 Å². The Bertz CT molecular complexity index is 861. The van der Waals surface area contributed by atoms with Crippen LogP contribution in [-0.4, -0.2) is 21.8 Å². The zero-order valence-electron chi connectivity index (χ0n) is 19.4. The number of phenols is 2. The van der Waals surface area contributed by atoms with Crippen LogP contribution >= 0.6 is 0 Å². The summed E-state index contributed by atoms with van der Waals surface area (Å²) < 4.78 is 0. The zero-order valence-corrected chi connectivity index (χ0v) is 19.4. The second-order valence-corrected chi connectivity index (χ2v) is 9.38. The van der Waals surface area contributed by atoms with Crippen LogP contribution in [0.2, 0.25) is 0 Å². The van der Waals surface area contributed by atoms with Gasteiger partial charge in [0.2, 0.25) is 0 Å². The fourth-order valence-electron chi connectivity index (χ4n) is 5.29. The first kappa shape index (κ1) is 24.0. The lowest BCUT2D eigenvalue weighted by Crippen LogP contribution is -2.15. The summed E-state index contributed by atoms with van der Waals surface area (Å²) in [5.74, 6) is 1.05. The summed E-state index contributed by atoms with van der Waals surface area (Å²) >= 11 is 0. The van der Waals surface area contributed by atoms with Crippen molar-refractivity contribution in [2.24, 2.45) is 0 Å². The van der Waals surface area contributed by atoms with Gasteiger partial charge in [0.15, 0.2) is 5.78 Å². The summed E-state index contributed by atoms with van der Waals surface area (Å²) in [5, 5.41) is 21.2. The van der Waals surface area contributed by atoms with Gasteiger partial charge in [-0.2, -0.15) is 0 Å². The Kier molecular flexibility index (Phi) is 8.49. The summed E-state index contributed by atoms with van der Waals surface area (Å²) in [6, 6.07) is 10.6. The van der Waals surface area contributed by atoms with E-state index in [0.29, 0.717) is 11.1 Å². The van der Waals surface area contributed by atoms with Gasteiger partial charge in [0.25, 0.3) is 0 Å². The maximum atomic E-state index is 13.7. The average molecular weight is 437 g/mol. The van der Waals surface area contributed by atoms with Crippen LogP contribution in [0.5, 0.6) is 11.5 Å². The molecule has 0 heterocycles. The Morgan fingerprint density at radius 1 is 0.656 bits per heavy atom. The molecule has 0 spiro atoms. The molecular formula is C28H36O4. The number of carbonyl (C=O) groups is 2. The molecule has 0 saturated heterocycles. The highest BCUT2D eigenvalue weighted by molar-refractivity contribution is 6.11. The second-order valence-electron chi connectivity index (χ2n) is 9.38. The van der Waals surface area contributed by atoms with E-state index in [1.807, 2.05) is 12.1 Å². The van der Waals surface area contributed by atoms with Crippen molar-refractivity contribution in [2.45, 2.75) is 89.9 Å². The minimum Gasteiger partial charge on any atom is -0.508 e. The minimum absolute atomic E-state index is 0.0621. The van der Waals surface area contributed by atoms with Gasteiger partial charge in [-0.3, -0.25) is 4.79 Å². The summed E-state index contributed by atoms with van der Waals surface area (Å²) in [7, 11) is 0. The third kappa shape index (κ3) is 5.79. The monoisotopic (exact) mass is 436 g/mol. The molecule has 172 valence electrons. The van der Waals surface area contributed by atoms with Gasteiger partial charge in [-0.05, 0) is 63.5 Å². The van der Waals surface area contributed by atoms with Crippen LogP contribution in [0.1, 0.15) is 117 Å². The molecule has 32 heavy (non-hydrogen) atoms. The maximum absolute atomic E-state index is 13.7. The van der Waals surface area contributed by atoms with Crippen LogP contribution in [-0.2, 0) is 4.79 Å². The highest BCUT2D eigenvalue weighted by atomic mass is 16.3. The maximum Gasteiger partial charge on any atom is 0.193 e. The summed E-state index contributed by atoms with van der Waals surface area (Å²) in [5.41, 5.74) is 2.83. The number of carbonyl (C=O) groups excluding carboxylic acids is 2. The average Bonchev–Trinajstić information content (AvgIpc) is 2.79. The van der Waals surface area contributed by atoms with Gasteiger partial charge < -0.3 is 15.0 Å². The Hall–Kier alpha value is -2.62. The quantitative estimate of drug-likeness (QED) is 0.505. The third-order valence-electron chi connectivity index (χ3n) is 6.68. The Morgan fingerprint density at radius 3 is 1.34 bits per heavy atom. The second kappa shape index (κ2) is 11.3. The van der Waals surface area contributed by atoms with Crippen molar-refractivity contribution in [3.05, 3.63) is 58.7 Å². The largest absolute Gasteiger partial charge is 0.508 e. The van der Waals surface area contributed by atoms with Gasteiger partial charge >= 0.3 is 0 Å². The number of hydrogen-bond donors (Lipinski definition) is 2. The molecule has 4 nitrogen and oxygen atoms in total. The molecule has 2 N–H and O–H groups in total. The lowest BCUT2D eigenvalue weighted by Gasteiger charge is -2.27. The molecule has 2 aliphatic rings. The van der Waals surface area contributed by atoms with E-state index in [-0.39, 0.29) is 34.9 Å². The van der Waals surface area contributed by atoms with Crippen molar-refractivity contribution in [1.29, 1.82) is 0 Å². The fraction of sp³-hybridized carbons (Fsp3) is 0.500. The number of hydrogen-bond acceptors (Lipinski definition) is 4. The molecule has 4 rings (SSSR count). The Balaban J connectivity index is 0.000000668. The van der Waals surface area contributed by atoms with Crippen molar-refractivity contribution in [2.75, 3.05) is 0 Å². The van der Waals surface area contributed by atoms with E-state index in [9.17, 15) is 19.8 Å². The van der Waals surface area contributed by atoms with Crippen LogP contribution in [0, 0.1) is 0 Å². The molecule has 2 aromatic rings. The van der Waals surface area contributed by atoms with Gasteiger partial charge in [0.05, 0.1) is 0 Å². The zero-order chi connectivity index (χ0) is 23.1. The summed E-state index contributed by atoms with van der Waals surface area (Å²) in [6.07, 6.45) is 11.1. The highest BCUT2D eigenvalue weighted by Gasteiger charge is 2.29. The topological polar surface area (TPSA) is 74.6 Å². The van der Waals surface area contributed by atoms with Gasteiger partial charge in [-0.25, -0.2) is 0 Å². The molecule has 0 radical (unpaired) electrons. The van der Waals surface area contributed by atoms with Crippen LogP contribution in [0.25, 0.3) is 0 Å². The van der Waals surface area contributed by atoms with E-state index < -0.39 is 0 Å². The van der Waals surface area contributed by atoms with Gasteiger partial charge in [-0.15, -0.1) is 0 Å². The van der Waals surface area contributed by atoms with Crippen molar-refractivity contribution in [3.8, 4) is 11.5 Å². The molecule has 0 aromatic heterocycles. The first-order valence-electron chi connectivity index (χ1n) is 12.1. The molecule has 2 saturated carbocycles. The lowest BCUT2D eigenvalue weighted by atomic mass is 9.77. The van der Waals surface area contributed by atoms with Crippen molar-refractivity contribution in [1.82, 2.24) is 0 Å². The molecule has 0 atom stereocenters. The van der Waals surface area contributed by atoms with Gasteiger partial charge in [0.1, 0.15) is 17.3 Å². The van der Waals surface area contributed by atoms with E-state index in [2.05, 4.69) is 0 Å². The molecule has 2 fully saturated rings. The van der Waals surface area contributed by atoms with E-state index in [1.165, 1.54) is 26.7 Å². The van der Waals surface area contributed by atoms with Crippen molar-refractivity contribution in [3.63, 3.8) is 0 Å². The first-order chi connectivity index (χ1) is 15.4. The normalized spacial score (nSPS) is 17.3. The number of aromatic hydroxyl groups is 2. The lowest BCUT2D eigenvalue weighted by molar-refractivity contribution is -0.115. The van der Waals surface area contributed by atoms with Crippen LogP contribution in [0.4, 0.5) is 0 Å². The van der Waals surface area contributed by atoms with Crippen LogP contribution < -0.4 is 0 Å². The van der Waals surface area contributed by atoms with Gasteiger partial charge in [-0.1, -0.05) is 62.8 Å². The Morgan fingerprint density at radius 2 is 1.00 bits per heavy atom. The van der Waals surface area contributed by atoms with E-state index in [1.54, 1.807) is 24.3 Å². The molecular weight excluding hydrogens is 400 g/mol. The molecule has 4 heteroatoms. The van der Waals surface area contributed by atoms with Gasteiger partial charge in [0, 0.05) is 22.3 Å². The molecule has 0 amide bonds. The number of ketones is 2. The fourth-order valence-corrected chi connectivity index (χ4v) is 5.29. The number of phenolic OH excluding ortho intramolecular Hbond substituents is 2. The molecule has 0 unspecified atom stereocenters. The molecule has 0 bridgehead atoms. The van der Waals surface area contributed by atoms with Crippen molar-refractivity contribution < 1.29 is 19.8 Å². The number of rotatable bonds is 4. The predicted molar refractivity (Wildman–Crippen MR) is 128 cm³/mol. The highest BCUT2D eigenvalue weighted by Crippen LogP contribution is 2.42. The Labute approximate surface area is 191 Å². The van der Waals surface area contributed by atoms with E-state index in [4.69, 9.17) is 0 Å². The van der Waals surface area contributed by atoms with Crippen LogP contribution in [0.15, 0.2) is 36.4 Å². The SMILES string of the molecule is CC(C)=O.O=C(c1cccc(O)c1C1CCCCC1)c1cccc(O)c1C1CCCCC1. The van der Waals surface area contributed by atoms with Crippen molar-refractivity contribution >= 4 is 11.6 Å². The smallest absolute Gasteiger partial charge is 0.193 e. The van der Waals surface area contributed by atoms with E-state index >= 15 is 0 Å². The molecule has 2 aromatic carbocycles. The standard InChI is InChI=1S/C25H30O3.C3H6O/c26-21-15-7-13-19(23(21)17-9-3-1-4-10-17)25(28)20-14-8-16-22(27)24(20)18-11-5-2-6-12-18;1-3(2)4/h7-8,13-18,26-27H,1-6,9-12H2;1-2H3. The summed E-state index contributed by atoms with van der Waals surface area (Å²) in [4.78, 5) is 23.1. The van der Waals surface area contributed by atoms with Crippen LogP contribution in [0.3, 0.4) is 0 Å². The minimum atomic E-state index is -0.0621. The first-order valence-corrected chi connectivity index (χ1v) is 12.1. The molecule has 0 aliphatic heterocycles. The number of benzene rings is 2. The summed E-state index contributed by atoms with van der Waals surface area (Å²) in [6.45, 7) is 3.06. The molecule has 2 aliphatic carbocycles.